The highest BCUT2D eigenvalue weighted by molar-refractivity contribution is 5.69. The van der Waals surface area contributed by atoms with Gasteiger partial charge in [-0.25, -0.2) is 0 Å². The van der Waals surface area contributed by atoms with Crippen molar-refractivity contribution in [2.45, 2.75) is 24.4 Å². The third-order valence-electron chi connectivity index (χ3n) is 2.08. The molecule has 0 aliphatic carbocycles. The SMILES string of the molecule is O=C[C@H](O)[C@@H](O)[C@H](O)[C@H](O)CO.O=Cc1ccco1. The zero-order chi connectivity index (χ0) is 14.8. The van der Waals surface area contributed by atoms with Crippen molar-refractivity contribution >= 4 is 12.6 Å². The van der Waals surface area contributed by atoms with Crippen molar-refractivity contribution in [2.75, 3.05) is 6.61 Å². The van der Waals surface area contributed by atoms with E-state index in [1.807, 2.05) is 0 Å². The van der Waals surface area contributed by atoms with E-state index in [1.54, 1.807) is 12.1 Å². The number of aliphatic hydroxyl groups excluding tert-OH is 5. The van der Waals surface area contributed by atoms with Crippen LogP contribution in [0, 0.1) is 0 Å². The van der Waals surface area contributed by atoms with Gasteiger partial charge >= 0.3 is 0 Å². The van der Waals surface area contributed by atoms with Crippen molar-refractivity contribution in [3.63, 3.8) is 0 Å². The fraction of sp³-hybridized carbons (Fsp3) is 0.455. The zero-order valence-corrected chi connectivity index (χ0v) is 9.86. The Morgan fingerprint density at radius 2 is 1.79 bits per heavy atom. The number of hydrogen-bond donors (Lipinski definition) is 5. The topological polar surface area (TPSA) is 148 Å². The van der Waals surface area contributed by atoms with Crippen molar-refractivity contribution < 1.29 is 39.5 Å². The molecule has 8 heteroatoms. The van der Waals surface area contributed by atoms with E-state index in [1.165, 1.54) is 6.26 Å². The number of carbonyl (C=O) groups is 2. The van der Waals surface area contributed by atoms with Gasteiger partial charge in [-0.15, -0.1) is 0 Å². The minimum absolute atomic E-state index is 0.0258. The summed E-state index contributed by atoms with van der Waals surface area (Å²) >= 11 is 0. The van der Waals surface area contributed by atoms with E-state index in [2.05, 4.69) is 4.42 Å². The molecule has 1 aromatic heterocycles. The van der Waals surface area contributed by atoms with Gasteiger partial charge in [0.2, 0.25) is 0 Å². The van der Waals surface area contributed by atoms with E-state index in [4.69, 9.17) is 25.5 Å². The fourth-order valence-corrected chi connectivity index (χ4v) is 0.976. The maximum Gasteiger partial charge on any atom is 0.185 e. The Bertz CT molecular complexity index is 350. The van der Waals surface area contributed by atoms with Gasteiger partial charge in [0.05, 0.1) is 12.9 Å². The van der Waals surface area contributed by atoms with Gasteiger partial charge < -0.3 is 34.7 Å². The van der Waals surface area contributed by atoms with E-state index in [-0.39, 0.29) is 6.29 Å². The van der Waals surface area contributed by atoms with Gasteiger partial charge in [0, 0.05) is 0 Å². The predicted octanol–water partition coefficient (Wildman–Crippen LogP) is -2.29. The highest BCUT2D eigenvalue weighted by atomic mass is 16.4. The molecular weight excluding hydrogens is 260 g/mol. The average molecular weight is 276 g/mol. The van der Waals surface area contributed by atoms with Crippen LogP contribution in [0.4, 0.5) is 0 Å². The van der Waals surface area contributed by atoms with Gasteiger partial charge in [-0.05, 0) is 12.1 Å². The second kappa shape index (κ2) is 9.36. The lowest BCUT2D eigenvalue weighted by atomic mass is 10.0. The van der Waals surface area contributed by atoms with Crippen LogP contribution in [0.2, 0.25) is 0 Å². The standard InChI is InChI=1S/C6H12O6.C5H4O2/c7-1-3(9)5(11)6(12)4(10)2-8;6-4-5-2-1-3-7-5/h1,3-6,8-12H,2H2;1-4H/t3-,4+,5+,6+;/m0./s1. The molecule has 0 amide bonds. The molecule has 0 saturated carbocycles. The highest BCUT2D eigenvalue weighted by Crippen LogP contribution is 2.02. The van der Waals surface area contributed by atoms with Crippen LogP contribution in [-0.4, -0.2) is 69.1 Å². The molecule has 0 unspecified atom stereocenters. The molecule has 0 bridgehead atoms. The number of carbonyl (C=O) groups excluding carboxylic acids is 2. The first kappa shape index (κ1) is 17.4. The molecule has 0 fully saturated rings. The Balaban J connectivity index is 0.000000388. The summed E-state index contributed by atoms with van der Waals surface area (Å²) in [6.07, 6.45) is -4.71. The minimum Gasteiger partial charge on any atom is -0.462 e. The summed E-state index contributed by atoms with van der Waals surface area (Å²) in [4.78, 5) is 19.7. The number of furan rings is 1. The molecule has 1 rings (SSSR count). The number of aldehydes is 2. The first-order valence-corrected chi connectivity index (χ1v) is 5.25. The lowest BCUT2D eigenvalue weighted by Gasteiger charge is -2.22. The molecule has 0 spiro atoms. The lowest BCUT2D eigenvalue weighted by Crippen LogP contribution is -2.46. The van der Waals surface area contributed by atoms with Crippen molar-refractivity contribution in [2.24, 2.45) is 0 Å². The monoisotopic (exact) mass is 276 g/mol. The van der Waals surface area contributed by atoms with Gasteiger partial charge in [-0.3, -0.25) is 4.79 Å². The quantitative estimate of drug-likeness (QED) is 0.365. The van der Waals surface area contributed by atoms with Crippen molar-refractivity contribution in [1.82, 2.24) is 0 Å². The predicted molar refractivity (Wildman–Crippen MR) is 61.3 cm³/mol. The van der Waals surface area contributed by atoms with E-state index < -0.39 is 31.0 Å². The Kier molecular flexibility index (Phi) is 8.58. The van der Waals surface area contributed by atoms with Crippen LogP contribution < -0.4 is 0 Å². The smallest absolute Gasteiger partial charge is 0.185 e. The van der Waals surface area contributed by atoms with Gasteiger partial charge in [-0.1, -0.05) is 0 Å². The third-order valence-corrected chi connectivity index (χ3v) is 2.08. The summed E-state index contributed by atoms with van der Waals surface area (Å²) in [5.41, 5.74) is 0. The number of aliphatic hydroxyl groups is 5. The number of hydrogen-bond acceptors (Lipinski definition) is 8. The molecule has 1 aromatic rings. The molecule has 1 heterocycles. The van der Waals surface area contributed by atoms with Crippen LogP contribution in [0.25, 0.3) is 0 Å². The van der Waals surface area contributed by atoms with Crippen molar-refractivity contribution in [3.8, 4) is 0 Å². The maximum absolute atomic E-state index is 9.90. The van der Waals surface area contributed by atoms with Crippen LogP contribution in [0.1, 0.15) is 10.6 Å². The van der Waals surface area contributed by atoms with Gasteiger partial charge in [0.25, 0.3) is 0 Å². The molecule has 0 aliphatic heterocycles. The van der Waals surface area contributed by atoms with E-state index >= 15 is 0 Å². The van der Waals surface area contributed by atoms with Gasteiger partial charge in [0.1, 0.15) is 24.4 Å². The van der Waals surface area contributed by atoms with E-state index in [0.717, 1.165) is 0 Å². The highest BCUT2D eigenvalue weighted by Gasteiger charge is 2.29. The molecule has 4 atom stereocenters. The summed E-state index contributed by atoms with van der Waals surface area (Å²) < 4.78 is 4.61. The van der Waals surface area contributed by atoms with Crippen LogP contribution >= 0.6 is 0 Å². The molecule has 8 nitrogen and oxygen atoms in total. The fourth-order valence-electron chi connectivity index (χ4n) is 0.976. The first-order chi connectivity index (χ1) is 8.97. The summed E-state index contributed by atoms with van der Waals surface area (Å²) in [5.74, 6) is 0.375. The molecule has 108 valence electrons. The molecule has 5 N–H and O–H groups in total. The molecular formula is C11H16O8. The Hall–Kier alpha value is -1.58. The minimum atomic E-state index is -1.79. The molecule has 19 heavy (non-hydrogen) atoms. The van der Waals surface area contributed by atoms with Crippen LogP contribution in [0.3, 0.4) is 0 Å². The van der Waals surface area contributed by atoms with Crippen molar-refractivity contribution in [3.05, 3.63) is 24.2 Å². The molecule has 0 saturated heterocycles. The second-order valence-electron chi connectivity index (χ2n) is 3.49. The second-order valence-corrected chi connectivity index (χ2v) is 3.49. The first-order valence-electron chi connectivity index (χ1n) is 5.25. The molecule has 0 aliphatic rings. The Labute approximate surface area is 108 Å². The van der Waals surface area contributed by atoms with Gasteiger partial charge in [0.15, 0.2) is 18.3 Å². The lowest BCUT2D eigenvalue weighted by molar-refractivity contribution is -0.136. The number of rotatable bonds is 6. The third kappa shape index (κ3) is 6.22. The molecule has 0 radical (unpaired) electrons. The largest absolute Gasteiger partial charge is 0.462 e. The summed E-state index contributed by atoms with van der Waals surface area (Å²) in [5, 5.41) is 43.5. The Morgan fingerprint density at radius 3 is 2.11 bits per heavy atom. The van der Waals surface area contributed by atoms with Gasteiger partial charge in [-0.2, -0.15) is 0 Å². The zero-order valence-electron chi connectivity index (χ0n) is 9.86. The van der Waals surface area contributed by atoms with Crippen LogP contribution in [0.5, 0.6) is 0 Å². The normalized spacial score (nSPS) is 16.5. The maximum atomic E-state index is 9.90. The molecule has 0 aromatic carbocycles. The summed E-state index contributed by atoms with van der Waals surface area (Å²) in [7, 11) is 0. The van der Waals surface area contributed by atoms with Crippen LogP contribution in [0.15, 0.2) is 22.8 Å². The Morgan fingerprint density at radius 1 is 1.16 bits per heavy atom. The van der Waals surface area contributed by atoms with E-state index in [0.29, 0.717) is 12.0 Å². The average Bonchev–Trinajstić information content (AvgIpc) is 2.97. The summed E-state index contributed by atoms with van der Waals surface area (Å²) in [6.45, 7) is -0.760. The summed E-state index contributed by atoms with van der Waals surface area (Å²) in [6, 6.07) is 3.27. The van der Waals surface area contributed by atoms with E-state index in [9.17, 15) is 9.59 Å². The van der Waals surface area contributed by atoms with Crippen molar-refractivity contribution in [1.29, 1.82) is 0 Å². The van der Waals surface area contributed by atoms with Crippen LogP contribution in [-0.2, 0) is 4.79 Å².